The SMILES string of the molecule is CC(C)c1ccc(-c2ncn(C)n2)cc1.CC(C)c1ccc(-c2ncn(C)n2)cn1.CC(C)c1ccc(-n2ncccc2=O)s1.CC(C)c1ncc(-c2ncn(C)n2)s1.Cc1ccc(=O)n(-c2ccc(C(C)C)s2)n1. The number of nitrogens with zero attached hydrogens (tertiary/aromatic N) is 15. The molecular weight excluding hydrogens is 999 g/mol. The molecule has 0 saturated carbocycles. The number of aromatic nitrogens is 15. The first kappa shape index (κ1) is 56.9. The third kappa shape index (κ3) is 16.3. The van der Waals surface area contributed by atoms with Crippen LogP contribution in [0.5, 0.6) is 0 Å². The number of aryl methyl sites for hydroxylation is 4. The van der Waals surface area contributed by atoms with Crippen LogP contribution in [0.2, 0.25) is 0 Å². The molecule has 0 aliphatic heterocycles. The lowest BCUT2D eigenvalue weighted by Gasteiger charge is -2.04. The van der Waals surface area contributed by atoms with Crippen LogP contribution in [0.4, 0.5) is 0 Å². The fourth-order valence-electron chi connectivity index (χ4n) is 6.67. The molecule has 10 rings (SSSR count). The summed E-state index contributed by atoms with van der Waals surface area (Å²) in [6.07, 6.45) is 10.4. The predicted octanol–water partition coefficient (Wildman–Crippen LogP) is 11.8. The summed E-state index contributed by atoms with van der Waals surface area (Å²) in [5, 5.41) is 23.9. The van der Waals surface area contributed by atoms with Crippen LogP contribution < -0.4 is 11.1 Å². The molecule has 1 aromatic carbocycles. The number of thiazole rings is 1. The van der Waals surface area contributed by atoms with E-state index in [1.807, 2.05) is 70.8 Å². The van der Waals surface area contributed by atoms with Crippen molar-refractivity contribution >= 4 is 34.0 Å². The van der Waals surface area contributed by atoms with Crippen molar-refractivity contribution in [3.05, 3.63) is 175 Å². The van der Waals surface area contributed by atoms with Gasteiger partial charge in [-0.3, -0.25) is 28.6 Å². The van der Waals surface area contributed by atoms with E-state index >= 15 is 0 Å². The van der Waals surface area contributed by atoms with E-state index in [0.29, 0.717) is 29.6 Å². The summed E-state index contributed by atoms with van der Waals surface area (Å²) in [5.74, 6) is 4.73. The summed E-state index contributed by atoms with van der Waals surface area (Å²) in [6.45, 7) is 23.3. The highest BCUT2D eigenvalue weighted by atomic mass is 32.1. The Hall–Kier alpha value is -7.42. The van der Waals surface area contributed by atoms with Crippen LogP contribution in [0.25, 0.3) is 43.5 Å². The van der Waals surface area contributed by atoms with Gasteiger partial charge in [-0.2, -0.15) is 34.9 Å². The molecule has 10 aromatic rings. The van der Waals surface area contributed by atoms with Crippen molar-refractivity contribution in [3.63, 3.8) is 0 Å². The highest BCUT2D eigenvalue weighted by Gasteiger charge is 2.12. The summed E-state index contributed by atoms with van der Waals surface area (Å²) < 4.78 is 7.99. The number of hydrogen-bond acceptors (Lipinski definition) is 15. The summed E-state index contributed by atoms with van der Waals surface area (Å²) in [7, 11) is 5.59. The molecule has 17 nitrogen and oxygen atoms in total. The lowest BCUT2D eigenvalue weighted by atomic mass is 10.0. The minimum atomic E-state index is -0.0883. The number of rotatable bonds is 10. The minimum Gasteiger partial charge on any atom is -0.267 e. The molecule has 392 valence electrons. The van der Waals surface area contributed by atoms with E-state index in [-0.39, 0.29) is 11.1 Å². The second-order valence-electron chi connectivity index (χ2n) is 19.0. The van der Waals surface area contributed by atoms with Gasteiger partial charge in [0.25, 0.3) is 11.1 Å². The lowest BCUT2D eigenvalue weighted by Crippen LogP contribution is -2.19. The van der Waals surface area contributed by atoms with E-state index in [1.54, 1.807) is 91.4 Å². The first-order valence-corrected chi connectivity index (χ1v) is 27.1. The van der Waals surface area contributed by atoms with Crippen LogP contribution in [-0.2, 0) is 21.1 Å². The Balaban J connectivity index is 0.000000152. The molecule has 0 spiro atoms. The van der Waals surface area contributed by atoms with Crippen molar-refractivity contribution in [2.45, 2.75) is 106 Å². The first-order valence-electron chi connectivity index (χ1n) is 24.7. The minimum absolute atomic E-state index is 0.0808. The Morgan fingerprint density at radius 2 is 0.987 bits per heavy atom. The van der Waals surface area contributed by atoms with Gasteiger partial charge in [-0.05, 0) is 84.7 Å². The Kier molecular flexibility index (Phi) is 20.2. The van der Waals surface area contributed by atoms with E-state index in [1.165, 1.54) is 30.7 Å². The fourth-order valence-corrected chi connectivity index (χ4v) is 9.46. The van der Waals surface area contributed by atoms with Gasteiger partial charge in [0.2, 0.25) is 0 Å². The number of thiophene rings is 2. The highest BCUT2D eigenvalue weighted by Crippen LogP contribution is 2.29. The van der Waals surface area contributed by atoms with E-state index in [4.69, 9.17) is 0 Å². The normalized spacial score (nSPS) is 11.0. The van der Waals surface area contributed by atoms with Crippen molar-refractivity contribution in [1.82, 2.24) is 73.8 Å². The maximum absolute atomic E-state index is 11.7. The second-order valence-corrected chi connectivity index (χ2v) is 22.3. The van der Waals surface area contributed by atoms with Gasteiger partial charge in [-0.1, -0.05) is 93.5 Å². The maximum Gasteiger partial charge on any atom is 0.272 e. The largest absolute Gasteiger partial charge is 0.272 e. The second kappa shape index (κ2) is 26.7. The topological polar surface area (TPSA) is 188 Å². The molecule has 9 aromatic heterocycles. The fraction of sp³-hybridized carbons (Fsp3) is 0.345. The predicted molar refractivity (Wildman–Crippen MR) is 303 cm³/mol. The summed E-state index contributed by atoms with van der Waals surface area (Å²) in [6, 6.07) is 26.9. The van der Waals surface area contributed by atoms with Gasteiger partial charge in [0.15, 0.2) is 17.5 Å². The van der Waals surface area contributed by atoms with Gasteiger partial charge in [-0.15, -0.1) is 34.0 Å². The van der Waals surface area contributed by atoms with E-state index in [0.717, 1.165) is 59.9 Å². The summed E-state index contributed by atoms with van der Waals surface area (Å²) >= 11 is 4.88. The Morgan fingerprint density at radius 3 is 1.44 bits per heavy atom. The first-order chi connectivity index (χ1) is 35.8. The van der Waals surface area contributed by atoms with Crippen molar-refractivity contribution in [1.29, 1.82) is 0 Å². The Bertz CT molecular complexity index is 3350. The van der Waals surface area contributed by atoms with Crippen molar-refractivity contribution in [3.8, 4) is 43.5 Å². The molecule has 0 fully saturated rings. The zero-order valence-corrected chi connectivity index (χ0v) is 47.6. The number of benzene rings is 1. The molecule has 0 bridgehead atoms. The van der Waals surface area contributed by atoms with Crippen molar-refractivity contribution in [2.24, 2.45) is 21.1 Å². The van der Waals surface area contributed by atoms with Crippen LogP contribution >= 0.6 is 34.0 Å². The molecule has 0 unspecified atom stereocenters. The molecule has 0 aliphatic rings. The molecule has 75 heavy (non-hydrogen) atoms. The van der Waals surface area contributed by atoms with Gasteiger partial charge in [0, 0.05) is 84.4 Å². The van der Waals surface area contributed by atoms with Gasteiger partial charge in [0.05, 0.1) is 15.6 Å². The lowest BCUT2D eigenvalue weighted by molar-refractivity contribution is 0.767. The van der Waals surface area contributed by atoms with E-state index in [9.17, 15) is 9.59 Å². The molecular formula is C55H67N15O2S3. The van der Waals surface area contributed by atoms with Crippen LogP contribution in [0.3, 0.4) is 0 Å². The monoisotopic (exact) mass is 1070 g/mol. The Morgan fingerprint density at radius 1 is 0.453 bits per heavy atom. The molecule has 20 heteroatoms. The van der Waals surface area contributed by atoms with Gasteiger partial charge >= 0.3 is 0 Å². The van der Waals surface area contributed by atoms with E-state index < -0.39 is 0 Å². The third-order valence-corrected chi connectivity index (χ3v) is 15.0. The zero-order chi connectivity index (χ0) is 54.3. The molecule has 0 saturated heterocycles. The van der Waals surface area contributed by atoms with Gasteiger partial charge < -0.3 is 0 Å². The highest BCUT2D eigenvalue weighted by molar-refractivity contribution is 7.15. The molecule has 0 atom stereocenters. The van der Waals surface area contributed by atoms with E-state index in [2.05, 4.69) is 150 Å². The van der Waals surface area contributed by atoms with Crippen LogP contribution in [0.1, 0.15) is 131 Å². The van der Waals surface area contributed by atoms with Crippen LogP contribution in [0.15, 0.2) is 132 Å². The molecule has 0 N–H and O–H groups in total. The van der Waals surface area contributed by atoms with Crippen molar-refractivity contribution < 1.29 is 0 Å². The molecule has 9 heterocycles. The molecule has 0 amide bonds. The summed E-state index contributed by atoms with van der Waals surface area (Å²) in [4.78, 5) is 48.0. The number of hydrogen-bond donors (Lipinski definition) is 0. The quantitative estimate of drug-likeness (QED) is 0.126. The smallest absolute Gasteiger partial charge is 0.267 e. The third-order valence-electron chi connectivity index (χ3n) is 10.9. The van der Waals surface area contributed by atoms with Gasteiger partial charge in [0.1, 0.15) is 29.0 Å². The van der Waals surface area contributed by atoms with Gasteiger partial charge in [-0.25, -0.2) is 19.9 Å². The number of pyridine rings is 1. The molecule has 0 radical (unpaired) electrons. The standard InChI is InChI=1S/C12H15N3.C12H14N2OS.C11H14N4.C11H12N2OS.C9H12N4S/c1-9(2)10-4-6-11(7-5-10)12-13-8-15(3)14-12;1-8(2)10-5-7-12(16-10)14-11(15)6-4-9(3)13-14;1-8(2)10-5-4-9(6-12-10)11-13-7-15(3)14-11;1-8(2)9-5-6-11(15-9)13-10(14)4-3-7-12-13;1-6(2)9-10-4-7(14-9)8-11-5-13(3)12-8/h4-9H,1-3H3;4-8H,1-3H3;4-8H,1-3H3;3-8H,1-2H3;4-6H,1-3H3. The maximum atomic E-state index is 11.7. The zero-order valence-electron chi connectivity index (χ0n) is 45.2. The van der Waals surface area contributed by atoms with Crippen LogP contribution in [0, 0.1) is 6.92 Å². The molecule has 0 aliphatic carbocycles. The Labute approximate surface area is 450 Å². The average Bonchev–Trinajstić information content (AvgIpc) is 4.26. The summed E-state index contributed by atoms with van der Waals surface area (Å²) in [5.41, 5.74) is 5.14. The van der Waals surface area contributed by atoms with Crippen LogP contribution in [-0.4, -0.2) is 73.8 Å². The van der Waals surface area contributed by atoms with Crippen molar-refractivity contribution in [2.75, 3.05) is 0 Å². The average molecular weight is 1070 g/mol.